The molecular weight excluding hydrogens is 350 g/mol. The summed E-state index contributed by atoms with van der Waals surface area (Å²) in [6.45, 7) is 7.22. The van der Waals surface area contributed by atoms with Crippen LogP contribution >= 0.6 is 0 Å². The van der Waals surface area contributed by atoms with Crippen LogP contribution in [0.2, 0.25) is 0 Å². The molecule has 0 aliphatic heterocycles. The Morgan fingerprint density at radius 3 is 2.36 bits per heavy atom. The molecule has 0 spiro atoms. The van der Waals surface area contributed by atoms with Gasteiger partial charge in [-0.2, -0.15) is 0 Å². The summed E-state index contributed by atoms with van der Waals surface area (Å²) in [7, 11) is 0. The standard InChI is InChI=1S/C23H29N3O2/c1-4-26(5-2)23(28)25-21-13-11-17(12-14-21)16(3)24-22(27)20-10-9-18-7-6-8-19(18)15-20/h9-16H,4-8H2,1-3H3,(H,24,27)(H,25,28). The Morgan fingerprint density at radius 2 is 1.68 bits per heavy atom. The number of urea groups is 1. The van der Waals surface area contributed by atoms with E-state index in [4.69, 9.17) is 0 Å². The lowest BCUT2D eigenvalue weighted by atomic mass is 10.0. The fourth-order valence-corrected chi connectivity index (χ4v) is 3.64. The molecule has 1 atom stereocenters. The van der Waals surface area contributed by atoms with Gasteiger partial charge in [-0.1, -0.05) is 18.2 Å². The first-order valence-electron chi connectivity index (χ1n) is 10.1. The highest BCUT2D eigenvalue weighted by Crippen LogP contribution is 2.23. The van der Waals surface area contributed by atoms with E-state index in [1.54, 1.807) is 4.90 Å². The maximum absolute atomic E-state index is 12.6. The van der Waals surface area contributed by atoms with Crippen molar-refractivity contribution in [2.45, 2.75) is 46.1 Å². The molecule has 0 heterocycles. The molecule has 3 rings (SSSR count). The summed E-state index contributed by atoms with van der Waals surface area (Å²) >= 11 is 0. The van der Waals surface area contributed by atoms with Gasteiger partial charge in [0.2, 0.25) is 0 Å². The Kier molecular flexibility index (Phi) is 6.34. The number of rotatable bonds is 6. The van der Waals surface area contributed by atoms with Crippen LogP contribution in [-0.2, 0) is 12.8 Å². The molecule has 1 aliphatic rings. The predicted molar refractivity (Wildman–Crippen MR) is 113 cm³/mol. The lowest BCUT2D eigenvalue weighted by Crippen LogP contribution is -2.34. The van der Waals surface area contributed by atoms with Crippen molar-refractivity contribution < 1.29 is 9.59 Å². The molecule has 0 fully saturated rings. The van der Waals surface area contributed by atoms with Gasteiger partial charge in [-0.05, 0) is 81.0 Å². The van der Waals surface area contributed by atoms with Gasteiger partial charge >= 0.3 is 6.03 Å². The summed E-state index contributed by atoms with van der Waals surface area (Å²) in [5, 5.41) is 5.97. The molecule has 0 bridgehead atoms. The number of hydrogen-bond donors (Lipinski definition) is 2. The van der Waals surface area contributed by atoms with Gasteiger partial charge in [0.15, 0.2) is 0 Å². The number of nitrogens with one attached hydrogen (secondary N) is 2. The quantitative estimate of drug-likeness (QED) is 0.774. The van der Waals surface area contributed by atoms with E-state index >= 15 is 0 Å². The molecule has 2 aromatic rings. The third-order valence-electron chi connectivity index (χ3n) is 5.42. The van der Waals surface area contributed by atoms with Gasteiger partial charge in [0.05, 0.1) is 6.04 Å². The number of hydrogen-bond acceptors (Lipinski definition) is 2. The highest BCUT2D eigenvalue weighted by atomic mass is 16.2. The second kappa shape index (κ2) is 8.91. The van der Waals surface area contributed by atoms with Gasteiger partial charge < -0.3 is 15.5 Å². The van der Waals surface area contributed by atoms with Crippen LogP contribution < -0.4 is 10.6 Å². The molecule has 1 unspecified atom stereocenters. The first kappa shape index (κ1) is 19.9. The largest absolute Gasteiger partial charge is 0.346 e. The number of amides is 3. The first-order chi connectivity index (χ1) is 13.5. The molecular formula is C23H29N3O2. The van der Waals surface area contributed by atoms with Crippen LogP contribution in [0.3, 0.4) is 0 Å². The summed E-state index contributed by atoms with van der Waals surface area (Å²) in [6.07, 6.45) is 3.35. The predicted octanol–water partition coefficient (Wildman–Crippen LogP) is 4.54. The van der Waals surface area contributed by atoms with Crippen molar-refractivity contribution in [3.05, 3.63) is 64.7 Å². The Balaban J connectivity index is 1.60. The van der Waals surface area contributed by atoms with Gasteiger partial charge in [0, 0.05) is 24.3 Å². The number of carbonyl (C=O) groups is 2. The van der Waals surface area contributed by atoms with E-state index in [-0.39, 0.29) is 18.0 Å². The van der Waals surface area contributed by atoms with Gasteiger partial charge in [-0.15, -0.1) is 0 Å². The van der Waals surface area contributed by atoms with Crippen molar-refractivity contribution >= 4 is 17.6 Å². The normalized spacial score (nSPS) is 13.5. The molecule has 0 radical (unpaired) electrons. The highest BCUT2D eigenvalue weighted by molar-refractivity contribution is 5.94. The van der Waals surface area contributed by atoms with Crippen LogP contribution in [0.25, 0.3) is 0 Å². The second-order valence-electron chi connectivity index (χ2n) is 7.26. The zero-order valence-corrected chi connectivity index (χ0v) is 16.9. The first-order valence-corrected chi connectivity index (χ1v) is 10.1. The minimum atomic E-state index is -0.117. The van der Waals surface area contributed by atoms with Crippen molar-refractivity contribution in [2.75, 3.05) is 18.4 Å². The van der Waals surface area contributed by atoms with E-state index in [0.29, 0.717) is 13.1 Å². The fraction of sp³-hybridized carbons (Fsp3) is 0.391. The molecule has 0 saturated carbocycles. The van der Waals surface area contributed by atoms with Crippen LogP contribution in [0.5, 0.6) is 0 Å². The lowest BCUT2D eigenvalue weighted by Gasteiger charge is -2.20. The van der Waals surface area contributed by atoms with E-state index < -0.39 is 0 Å². The Morgan fingerprint density at radius 1 is 1.00 bits per heavy atom. The summed E-state index contributed by atoms with van der Waals surface area (Å²) in [6, 6.07) is 13.4. The van der Waals surface area contributed by atoms with E-state index in [2.05, 4.69) is 16.7 Å². The molecule has 2 aromatic carbocycles. The van der Waals surface area contributed by atoms with Crippen LogP contribution in [-0.4, -0.2) is 29.9 Å². The molecule has 28 heavy (non-hydrogen) atoms. The van der Waals surface area contributed by atoms with E-state index in [9.17, 15) is 9.59 Å². The van der Waals surface area contributed by atoms with Crippen molar-refractivity contribution in [1.82, 2.24) is 10.2 Å². The Bertz CT molecular complexity index is 841. The van der Waals surface area contributed by atoms with Crippen molar-refractivity contribution in [2.24, 2.45) is 0 Å². The monoisotopic (exact) mass is 379 g/mol. The maximum Gasteiger partial charge on any atom is 0.321 e. The van der Waals surface area contributed by atoms with Gasteiger partial charge in [-0.3, -0.25) is 4.79 Å². The third-order valence-corrected chi connectivity index (χ3v) is 5.42. The van der Waals surface area contributed by atoms with Crippen molar-refractivity contribution in [3.63, 3.8) is 0 Å². The average Bonchev–Trinajstić information content (AvgIpc) is 3.17. The van der Waals surface area contributed by atoms with Gasteiger partial charge in [-0.25, -0.2) is 4.79 Å². The Labute approximate surface area is 167 Å². The minimum Gasteiger partial charge on any atom is -0.346 e. The molecule has 5 heteroatoms. The van der Waals surface area contributed by atoms with E-state index in [1.165, 1.54) is 17.5 Å². The zero-order chi connectivity index (χ0) is 20.1. The molecule has 148 valence electrons. The number of anilines is 1. The van der Waals surface area contributed by atoms with E-state index in [0.717, 1.165) is 29.7 Å². The minimum absolute atomic E-state index is 0.0545. The smallest absolute Gasteiger partial charge is 0.321 e. The van der Waals surface area contributed by atoms with Crippen LogP contribution in [0, 0.1) is 0 Å². The average molecular weight is 380 g/mol. The number of nitrogens with zero attached hydrogens (tertiary/aromatic N) is 1. The van der Waals surface area contributed by atoms with Crippen LogP contribution in [0.4, 0.5) is 10.5 Å². The summed E-state index contributed by atoms with van der Waals surface area (Å²) < 4.78 is 0. The SMILES string of the molecule is CCN(CC)C(=O)Nc1ccc(C(C)NC(=O)c2ccc3c(c2)CCC3)cc1. The molecule has 0 aromatic heterocycles. The van der Waals surface area contributed by atoms with Crippen LogP contribution in [0.15, 0.2) is 42.5 Å². The van der Waals surface area contributed by atoms with Crippen LogP contribution in [0.1, 0.15) is 60.3 Å². The topological polar surface area (TPSA) is 61.4 Å². The van der Waals surface area contributed by atoms with E-state index in [1.807, 2.05) is 57.2 Å². The number of fused-ring (bicyclic) bond motifs is 1. The van der Waals surface area contributed by atoms with Crippen molar-refractivity contribution in [1.29, 1.82) is 0 Å². The summed E-state index contributed by atoms with van der Waals surface area (Å²) in [5.74, 6) is -0.0545. The molecule has 3 amide bonds. The summed E-state index contributed by atoms with van der Waals surface area (Å²) in [4.78, 5) is 26.5. The molecule has 5 nitrogen and oxygen atoms in total. The number of benzene rings is 2. The van der Waals surface area contributed by atoms with Crippen molar-refractivity contribution in [3.8, 4) is 0 Å². The fourth-order valence-electron chi connectivity index (χ4n) is 3.64. The maximum atomic E-state index is 12.6. The molecule has 1 aliphatic carbocycles. The summed E-state index contributed by atoms with van der Waals surface area (Å²) in [5.41, 5.74) is 5.13. The Hall–Kier alpha value is -2.82. The molecule has 0 saturated heterocycles. The highest BCUT2D eigenvalue weighted by Gasteiger charge is 2.16. The number of carbonyl (C=O) groups excluding carboxylic acids is 2. The third kappa shape index (κ3) is 4.53. The van der Waals surface area contributed by atoms with Gasteiger partial charge in [0.1, 0.15) is 0 Å². The molecule has 2 N–H and O–H groups in total. The van der Waals surface area contributed by atoms with Gasteiger partial charge in [0.25, 0.3) is 5.91 Å². The lowest BCUT2D eigenvalue weighted by molar-refractivity contribution is 0.0939. The second-order valence-corrected chi connectivity index (χ2v) is 7.26. The number of aryl methyl sites for hydroxylation is 2. The zero-order valence-electron chi connectivity index (χ0n) is 16.9.